The van der Waals surface area contributed by atoms with Gasteiger partial charge < -0.3 is 14.9 Å². The van der Waals surface area contributed by atoms with Gasteiger partial charge in [-0.1, -0.05) is 62.4 Å². The molecule has 0 radical (unpaired) electrons. The quantitative estimate of drug-likeness (QED) is 0.427. The van der Waals surface area contributed by atoms with E-state index in [0.717, 1.165) is 49.2 Å². The van der Waals surface area contributed by atoms with Crippen molar-refractivity contribution in [2.75, 3.05) is 19.6 Å². The highest BCUT2D eigenvalue weighted by Crippen LogP contribution is 2.23. The summed E-state index contributed by atoms with van der Waals surface area (Å²) in [4.78, 5) is 33.9. The predicted molar refractivity (Wildman–Crippen MR) is 142 cm³/mol. The highest BCUT2D eigenvalue weighted by Gasteiger charge is 2.29. The molecule has 1 aliphatic heterocycles. The van der Waals surface area contributed by atoms with Crippen LogP contribution in [0.1, 0.15) is 59.5 Å². The van der Waals surface area contributed by atoms with Crippen molar-refractivity contribution in [2.45, 2.75) is 45.7 Å². The lowest BCUT2D eigenvalue weighted by Crippen LogP contribution is -2.47. The normalized spacial score (nSPS) is 14.6. The summed E-state index contributed by atoms with van der Waals surface area (Å²) >= 11 is 0. The molecule has 2 aromatic carbocycles. The van der Waals surface area contributed by atoms with Crippen molar-refractivity contribution in [1.82, 2.24) is 14.8 Å². The number of hydrogen-bond acceptors (Lipinski definition) is 4. The van der Waals surface area contributed by atoms with E-state index in [9.17, 15) is 14.7 Å². The zero-order valence-corrected chi connectivity index (χ0v) is 21.1. The minimum absolute atomic E-state index is 0.0856. The van der Waals surface area contributed by atoms with Crippen molar-refractivity contribution in [1.29, 1.82) is 0 Å². The summed E-state index contributed by atoms with van der Waals surface area (Å²) in [5.41, 5.74) is 3.62. The van der Waals surface area contributed by atoms with E-state index in [1.807, 2.05) is 47.4 Å². The van der Waals surface area contributed by atoms with Crippen LogP contribution < -0.4 is 0 Å². The van der Waals surface area contributed by atoms with Crippen LogP contribution in [-0.4, -0.2) is 57.4 Å². The summed E-state index contributed by atoms with van der Waals surface area (Å²) in [6, 6.07) is 20.7. The van der Waals surface area contributed by atoms with Gasteiger partial charge >= 0.3 is 5.97 Å². The van der Waals surface area contributed by atoms with Crippen molar-refractivity contribution >= 4 is 11.9 Å². The molecule has 6 nitrogen and oxygen atoms in total. The summed E-state index contributed by atoms with van der Waals surface area (Å²) in [6.07, 6.45) is 4.77. The number of aromatic carboxylic acids is 1. The molecule has 188 valence electrons. The van der Waals surface area contributed by atoms with E-state index in [1.165, 1.54) is 6.42 Å². The Morgan fingerprint density at radius 3 is 2.25 bits per heavy atom. The van der Waals surface area contributed by atoms with Gasteiger partial charge in [0.15, 0.2) is 0 Å². The first-order valence-electron chi connectivity index (χ1n) is 12.8. The second-order valence-corrected chi connectivity index (χ2v) is 9.99. The first-order valence-corrected chi connectivity index (χ1v) is 12.8. The molecular weight excluding hydrogens is 450 g/mol. The second kappa shape index (κ2) is 12.0. The Bertz CT molecular complexity index is 1140. The van der Waals surface area contributed by atoms with Gasteiger partial charge in [-0.25, -0.2) is 4.79 Å². The van der Waals surface area contributed by atoms with Crippen molar-refractivity contribution in [3.63, 3.8) is 0 Å². The van der Waals surface area contributed by atoms with Gasteiger partial charge in [0.25, 0.3) is 5.91 Å². The lowest BCUT2D eigenvalue weighted by molar-refractivity contribution is 0.0539. The Morgan fingerprint density at radius 2 is 1.67 bits per heavy atom. The fourth-order valence-electron chi connectivity index (χ4n) is 4.68. The van der Waals surface area contributed by atoms with Gasteiger partial charge in [-0.15, -0.1) is 0 Å². The molecule has 1 aliphatic rings. The molecule has 3 aromatic rings. The van der Waals surface area contributed by atoms with Crippen molar-refractivity contribution in [3.8, 4) is 11.1 Å². The molecule has 2 heterocycles. The fraction of sp³-hybridized carbons (Fsp3) is 0.367. The molecule has 4 rings (SSSR count). The van der Waals surface area contributed by atoms with E-state index in [4.69, 9.17) is 0 Å². The Kier molecular flexibility index (Phi) is 8.49. The minimum Gasteiger partial charge on any atom is -0.478 e. The number of aromatic nitrogens is 1. The SMILES string of the molecule is CC(C)CCN1CCC(N(Cc2ccc(C(=O)O)cc2)C(=O)c2ccc(-c3ccccc3)cn2)CC1. The van der Waals surface area contributed by atoms with Crippen LogP contribution in [0.15, 0.2) is 72.9 Å². The molecule has 0 saturated carbocycles. The number of hydrogen-bond donors (Lipinski definition) is 1. The topological polar surface area (TPSA) is 73.7 Å². The van der Waals surface area contributed by atoms with E-state index in [1.54, 1.807) is 30.5 Å². The number of carboxylic acid groups (broad SMARTS) is 1. The highest BCUT2D eigenvalue weighted by molar-refractivity contribution is 5.93. The lowest BCUT2D eigenvalue weighted by Gasteiger charge is -2.38. The third kappa shape index (κ3) is 6.58. The van der Waals surface area contributed by atoms with Crippen molar-refractivity contribution in [3.05, 3.63) is 89.7 Å². The summed E-state index contributed by atoms with van der Waals surface area (Å²) < 4.78 is 0. The van der Waals surface area contributed by atoms with Crippen LogP contribution in [-0.2, 0) is 6.54 Å². The van der Waals surface area contributed by atoms with Gasteiger partial charge in [-0.05, 0) is 61.1 Å². The molecule has 0 aliphatic carbocycles. The average molecular weight is 486 g/mol. The van der Waals surface area contributed by atoms with Crippen LogP contribution in [0.3, 0.4) is 0 Å². The monoisotopic (exact) mass is 485 g/mol. The number of carbonyl (C=O) groups is 2. The van der Waals surface area contributed by atoms with Gasteiger partial charge in [0, 0.05) is 37.4 Å². The van der Waals surface area contributed by atoms with E-state index in [-0.39, 0.29) is 17.5 Å². The Hall–Kier alpha value is -3.51. The van der Waals surface area contributed by atoms with Crippen LogP contribution in [0.25, 0.3) is 11.1 Å². The second-order valence-electron chi connectivity index (χ2n) is 9.99. The number of nitrogens with zero attached hydrogens (tertiary/aromatic N) is 3. The molecule has 0 unspecified atom stereocenters. The number of benzene rings is 2. The van der Waals surface area contributed by atoms with Gasteiger partial charge in [-0.2, -0.15) is 0 Å². The maximum atomic E-state index is 13.7. The number of pyridine rings is 1. The van der Waals surface area contributed by atoms with Gasteiger partial charge in [0.1, 0.15) is 5.69 Å². The number of likely N-dealkylation sites (tertiary alicyclic amines) is 1. The summed E-state index contributed by atoms with van der Waals surface area (Å²) in [5, 5.41) is 9.23. The van der Waals surface area contributed by atoms with Crippen LogP contribution in [0.2, 0.25) is 0 Å². The van der Waals surface area contributed by atoms with Gasteiger partial charge in [0.2, 0.25) is 0 Å². The van der Waals surface area contributed by atoms with Crippen LogP contribution >= 0.6 is 0 Å². The molecule has 1 amide bonds. The maximum absolute atomic E-state index is 13.7. The third-order valence-electron chi connectivity index (χ3n) is 6.92. The zero-order valence-electron chi connectivity index (χ0n) is 21.1. The maximum Gasteiger partial charge on any atom is 0.335 e. The lowest BCUT2D eigenvalue weighted by atomic mass is 10.00. The number of carbonyl (C=O) groups excluding carboxylic acids is 1. The number of amides is 1. The van der Waals surface area contributed by atoms with Crippen LogP contribution in [0, 0.1) is 5.92 Å². The first kappa shape index (κ1) is 25.6. The zero-order chi connectivity index (χ0) is 25.5. The molecule has 1 N–H and O–H groups in total. The Morgan fingerprint density at radius 1 is 0.972 bits per heavy atom. The Balaban J connectivity index is 1.52. The average Bonchev–Trinajstić information content (AvgIpc) is 2.91. The van der Waals surface area contributed by atoms with E-state index in [2.05, 4.69) is 23.7 Å². The summed E-state index contributed by atoms with van der Waals surface area (Å²) in [7, 11) is 0. The molecule has 6 heteroatoms. The van der Waals surface area contributed by atoms with Crippen LogP contribution in [0.5, 0.6) is 0 Å². The molecular formula is C30H35N3O3. The first-order chi connectivity index (χ1) is 17.4. The molecule has 1 fully saturated rings. The molecule has 36 heavy (non-hydrogen) atoms. The third-order valence-corrected chi connectivity index (χ3v) is 6.92. The molecule has 1 saturated heterocycles. The number of rotatable bonds is 9. The Labute approximate surface area is 213 Å². The molecule has 0 spiro atoms. The summed E-state index contributed by atoms with van der Waals surface area (Å²) in [5.74, 6) is -0.358. The number of carboxylic acids is 1. The largest absolute Gasteiger partial charge is 0.478 e. The van der Waals surface area contributed by atoms with Crippen molar-refractivity contribution in [2.24, 2.45) is 5.92 Å². The fourth-order valence-corrected chi connectivity index (χ4v) is 4.68. The number of piperidine rings is 1. The van der Waals surface area contributed by atoms with E-state index in [0.29, 0.717) is 18.2 Å². The smallest absolute Gasteiger partial charge is 0.335 e. The van der Waals surface area contributed by atoms with Gasteiger partial charge in [0.05, 0.1) is 5.56 Å². The minimum atomic E-state index is -0.953. The van der Waals surface area contributed by atoms with Crippen molar-refractivity contribution < 1.29 is 14.7 Å². The van der Waals surface area contributed by atoms with E-state index >= 15 is 0 Å². The van der Waals surface area contributed by atoms with E-state index < -0.39 is 5.97 Å². The molecule has 0 bridgehead atoms. The highest BCUT2D eigenvalue weighted by atomic mass is 16.4. The van der Waals surface area contributed by atoms with Gasteiger partial charge in [-0.3, -0.25) is 9.78 Å². The standard InChI is InChI=1S/C30H35N3O3/c1-22(2)14-17-32-18-15-27(16-19-32)33(21-23-8-10-25(11-9-23)30(35)36)29(34)28-13-12-26(20-31-28)24-6-4-3-5-7-24/h3-13,20,22,27H,14-19,21H2,1-2H3,(H,35,36). The summed E-state index contributed by atoms with van der Waals surface area (Å²) in [6.45, 7) is 7.96. The van der Waals surface area contributed by atoms with Crippen LogP contribution in [0.4, 0.5) is 0 Å². The molecule has 0 atom stereocenters. The molecule has 1 aromatic heterocycles. The predicted octanol–water partition coefficient (Wildman–Crippen LogP) is 5.60.